The molecule has 0 saturated carbocycles. The van der Waals surface area contributed by atoms with Crippen LogP contribution in [0, 0.1) is 26.1 Å². The maximum Gasteiger partial charge on any atom is 0.380 e. The largest absolute Gasteiger partial charge is 0.475 e. The van der Waals surface area contributed by atoms with Crippen molar-refractivity contribution in [2.75, 3.05) is 13.2 Å². The summed E-state index contributed by atoms with van der Waals surface area (Å²) in [6.45, 7) is 6.63. The second kappa shape index (κ2) is 17.6. The van der Waals surface area contributed by atoms with Crippen LogP contribution >= 0.6 is 0 Å². The van der Waals surface area contributed by atoms with Crippen molar-refractivity contribution in [3.63, 3.8) is 0 Å². The van der Waals surface area contributed by atoms with Crippen molar-refractivity contribution in [1.82, 2.24) is 9.97 Å². The maximum atomic E-state index is 11.8. The lowest BCUT2D eigenvalue weighted by atomic mass is 10.0. The molecule has 39 heavy (non-hydrogen) atoms. The summed E-state index contributed by atoms with van der Waals surface area (Å²) in [5.74, 6) is -3.28. The van der Waals surface area contributed by atoms with Gasteiger partial charge in [0.25, 0.3) is 5.69 Å². The van der Waals surface area contributed by atoms with Gasteiger partial charge in [-0.1, -0.05) is 6.92 Å². The molecule has 0 saturated heterocycles. The van der Waals surface area contributed by atoms with Crippen LogP contribution in [-0.2, 0) is 19.1 Å². The van der Waals surface area contributed by atoms with Gasteiger partial charge in [0.2, 0.25) is 11.5 Å². The Kier molecular flexibility index (Phi) is 15.4. The maximum absolute atomic E-state index is 11.8. The number of hydrogen-bond donors (Lipinski definition) is 2. The number of Topliss-reactive ketones (excluding diaryl/α,β-unsaturated/α-hetero) is 1. The Labute approximate surface area is 222 Å². The first-order chi connectivity index (χ1) is 18.1. The number of esters is 2. The van der Waals surface area contributed by atoms with E-state index in [2.05, 4.69) is 14.7 Å². The van der Waals surface area contributed by atoms with Crippen LogP contribution in [0.4, 0.5) is 11.6 Å². The molecule has 2 rings (SSSR count). The molecule has 212 valence electrons. The van der Waals surface area contributed by atoms with E-state index < -0.39 is 27.6 Å². The van der Waals surface area contributed by atoms with Crippen molar-refractivity contribution < 1.29 is 43.6 Å². The number of hydrogen-bond acceptors (Lipinski definition) is 13. The van der Waals surface area contributed by atoms with E-state index in [1.165, 1.54) is 44.2 Å². The first-order valence-corrected chi connectivity index (χ1v) is 11.2. The van der Waals surface area contributed by atoms with Crippen molar-refractivity contribution in [3.05, 3.63) is 68.0 Å². The van der Waals surface area contributed by atoms with E-state index in [9.17, 15) is 39.4 Å². The molecule has 2 heterocycles. The van der Waals surface area contributed by atoms with Crippen molar-refractivity contribution >= 4 is 35.3 Å². The molecule has 0 aliphatic heterocycles. The molecule has 16 heteroatoms. The molecule has 2 atom stereocenters. The molecule has 2 aromatic heterocycles. The van der Waals surface area contributed by atoms with E-state index >= 15 is 0 Å². The number of pyridine rings is 2. The Bertz CT molecular complexity index is 1140. The van der Waals surface area contributed by atoms with Gasteiger partial charge in [-0.05, 0) is 56.9 Å². The Hall–Kier alpha value is -4.86. The van der Waals surface area contributed by atoms with Crippen LogP contribution in [-0.4, -0.2) is 67.9 Å². The molecule has 0 radical (unpaired) electrons. The van der Waals surface area contributed by atoms with Gasteiger partial charge in [0, 0.05) is 38.4 Å². The number of ketones is 1. The molecule has 0 aromatic carbocycles. The van der Waals surface area contributed by atoms with E-state index in [4.69, 9.17) is 15.6 Å². The highest BCUT2D eigenvalue weighted by Crippen LogP contribution is 2.12. The third kappa shape index (κ3) is 15.8. The molecular weight excluding hydrogens is 522 g/mol. The minimum absolute atomic E-state index is 0.0453. The average Bonchev–Trinajstić information content (AvgIpc) is 2.87. The molecule has 3 N–H and O–H groups in total. The molecule has 0 spiro atoms. The Morgan fingerprint density at radius 2 is 1.31 bits per heavy atom. The van der Waals surface area contributed by atoms with Crippen molar-refractivity contribution in [2.45, 2.75) is 40.2 Å². The number of nitro groups is 2. The van der Waals surface area contributed by atoms with Crippen LogP contribution in [0.25, 0.3) is 0 Å². The number of aromatic nitrogens is 2. The van der Waals surface area contributed by atoms with Crippen molar-refractivity contribution in [1.29, 1.82) is 0 Å². The molecule has 0 aliphatic carbocycles. The van der Waals surface area contributed by atoms with Gasteiger partial charge in [0.05, 0.1) is 6.61 Å². The second-order valence-corrected chi connectivity index (χ2v) is 7.90. The summed E-state index contributed by atoms with van der Waals surface area (Å²) in [6, 6.07) is 7.59. The zero-order valence-corrected chi connectivity index (χ0v) is 21.6. The summed E-state index contributed by atoms with van der Waals surface area (Å²) in [5, 5.41) is 29.1. The Morgan fingerprint density at radius 1 is 0.872 bits per heavy atom. The summed E-state index contributed by atoms with van der Waals surface area (Å²) in [7, 11) is 0. The van der Waals surface area contributed by atoms with Crippen LogP contribution in [0.15, 0.2) is 36.4 Å². The summed E-state index contributed by atoms with van der Waals surface area (Å²) in [5.41, 5.74) is 4.98. The number of ether oxygens (including phenoxy) is 2. The molecule has 0 amide bonds. The molecule has 0 unspecified atom stereocenters. The minimum atomic E-state index is -1.28. The van der Waals surface area contributed by atoms with Crippen molar-refractivity contribution in [2.24, 2.45) is 11.7 Å². The summed E-state index contributed by atoms with van der Waals surface area (Å²) in [4.78, 5) is 69.1. The highest BCUT2D eigenvalue weighted by atomic mass is 16.6. The number of nitrogens with zero attached hydrogens (tertiary/aromatic N) is 4. The van der Waals surface area contributed by atoms with Crippen molar-refractivity contribution in [3.8, 4) is 0 Å². The molecule has 0 fully saturated rings. The highest BCUT2D eigenvalue weighted by molar-refractivity contribution is 5.94. The quantitative estimate of drug-likeness (QED) is 0.186. The van der Waals surface area contributed by atoms with E-state index in [0.717, 1.165) is 6.07 Å². The number of nitrogens with two attached hydrogens (primary N) is 1. The lowest BCUT2D eigenvalue weighted by Gasteiger charge is -2.08. The molecular formula is C23H29N5O11. The second-order valence-electron chi connectivity index (χ2n) is 7.90. The van der Waals surface area contributed by atoms with Gasteiger partial charge in [0.15, 0.2) is 0 Å². The minimum Gasteiger partial charge on any atom is -0.475 e. The van der Waals surface area contributed by atoms with Gasteiger partial charge < -0.3 is 40.5 Å². The van der Waals surface area contributed by atoms with Gasteiger partial charge >= 0.3 is 29.5 Å². The van der Waals surface area contributed by atoms with Gasteiger partial charge in [-0.15, -0.1) is 0 Å². The van der Waals surface area contributed by atoms with E-state index in [0.29, 0.717) is 6.61 Å². The molecule has 16 nitrogen and oxygen atoms in total. The number of carbonyl (C=O) groups is 4. The monoisotopic (exact) mass is 551 g/mol. The molecule has 2 aromatic rings. The number of aromatic carboxylic acids is 1. The average molecular weight is 552 g/mol. The fraction of sp³-hybridized carbons (Fsp3) is 0.391. The third-order valence-corrected chi connectivity index (χ3v) is 4.00. The van der Waals surface area contributed by atoms with Gasteiger partial charge in [0.1, 0.15) is 6.61 Å². The van der Waals surface area contributed by atoms with Crippen LogP contribution in [0.5, 0.6) is 0 Å². The number of carboxylic acids is 1. The van der Waals surface area contributed by atoms with Gasteiger partial charge in [-0.2, -0.15) is 0 Å². The van der Waals surface area contributed by atoms with Crippen LogP contribution in [0.3, 0.4) is 0 Å². The fourth-order valence-corrected chi connectivity index (χ4v) is 2.31. The normalized spacial score (nSPS) is 11.2. The number of carboxylic acid groups (broad SMARTS) is 1. The summed E-state index contributed by atoms with van der Waals surface area (Å²) >= 11 is 0. The van der Waals surface area contributed by atoms with Gasteiger partial charge in [-0.25, -0.2) is 4.79 Å². The summed E-state index contributed by atoms with van der Waals surface area (Å²) < 4.78 is 9.32. The van der Waals surface area contributed by atoms with Crippen LogP contribution in [0.2, 0.25) is 0 Å². The zero-order chi connectivity index (χ0) is 30.1. The predicted octanol–water partition coefficient (Wildman–Crippen LogP) is 2.35. The fourth-order valence-electron chi connectivity index (χ4n) is 2.31. The Balaban J connectivity index is 0.000000616. The van der Waals surface area contributed by atoms with E-state index in [-0.39, 0.29) is 53.9 Å². The predicted molar refractivity (Wildman–Crippen MR) is 134 cm³/mol. The zero-order valence-electron chi connectivity index (χ0n) is 21.6. The SMILES string of the molecule is CC(=O)OC[C@@H](C)CC(=O)c1cccc([N+](=O)[O-])n1.CC(=O)OC[C@@H](C)N.O=C(O)c1cccc([N+](=O)[O-])n1. The lowest BCUT2D eigenvalue weighted by Crippen LogP contribution is -2.23. The van der Waals surface area contributed by atoms with E-state index in [1.54, 1.807) is 13.8 Å². The molecule has 0 aliphatic rings. The first-order valence-electron chi connectivity index (χ1n) is 11.2. The smallest absolute Gasteiger partial charge is 0.380 e. The first kappa shape index (κ1) is 34.1. The highest BCUT2D eigenvalue weighted by Gasteiger charge is 2.19. The standard InChI is InChI=1S/C12H14N2O5.C6H4N2O4.C5H11NO2/c1-8(7-19-9(2)15)6-11(16)10-4-3-5-12(13-10)14(17)18;9-6(10)4-2-1-3-5(7-4)8(11)12;1-4(6)3-8-5(2)7/h3-5,8H,6-7H2,1-2H3;1-3H,(H,9,10);4H,3,6H2,1-2H3/t8-;;4-/m0.1/s1. The Morgan fingerprint density at radius 3 is 1.69 bits per heavy atom. The number of rotatable bonds is 10. The molecule has 0 bridgehead atoms. The van der Waals surface area contributed by atoms with Gasteiger partial charge in [-0.3, -0.25) is 14.4 Å². The van der Waals surface area contributed by atoms with Crippen LogP contribution < -0.4 is 5.73 Å². The van der Waals surface area contributed by atoms with Crippen LogP contribution in [0.1, 0.15) is 55.1 Å². The lowest BCUT2D eigenvalue weighted by molar-refractivity contribution is -0.389. The summed E-state index contributed by atoms with van der Waals surface area (Å²) in [6.07, 6.45) is 0.113. The van der Waals surface area contributed by atoms with E-state index in [1.807, 2.05) is 0 Å². The topological polar surface area (TPSA) is 245 Å². The third-order valence-electron chi connectivity index (χ3n) is 4.00. The number of carbonyl (C=O) groups excluding carboxylic acids is 3.